The molecule has 102 valence electrons. The summed E-state index contributed by atoms with van der Waals surface area (Å²) in [4.78, 5) is 12.3. The molecule has 0 radical (unpaired) electrons. The average molecular weight is 272 g/mol. The van der Waals surface area contributed by atoms with Crippen LogP contribution in [-0.2, 0) is 14.6 Å². The molecule has 2 aliphatic rings. The third-order valence-corrected chi connectivity index (χ3v) is 5.27. The summed E-state index contributed by atoms with van der Waals surface area (Å²) in [6.45, 7) is 3.64. The number of sulfone groups is 1. The SMILES string of the molecule is CCC1(C(=O)NC2C=CS(=O)(=O)C2)CCCNC1. The van der Waals surface area contributed by atoms with Gasteiger partial charge in [-0.25, -0.2) is 8.42 Å². The van der Waals surface area contributed by atoms with E-state index in [1.165, 1.54) is 5.41 Å². The van der Waals surface area contributed by atoms with E-state index in [9.17, 15) is 13.2 Å². The molecule has 2 heterocycles. The van der Waals surface area contributed by atoms with Crippen LogP contribution in [0.2, 0.25) is 0 Å². The summed E-state index contributed by atoms with van der Waals surface area (Å²) < 4.78 is 22.6. The Hall–Kier alpha value is -0.880. The Morgan fingerprint density at radius 1 is 1.56 bits per heavy atom. The van der Waals surface area contributed by atoms with Crippen molar-refractivity contribution in [3.05, 3.63) is 11.5 Å². The number of nitrogens with one attached hydrogen (secondary N) is 2. The molecule has 2 aliphatic heterocycles. The maximum Gasteiger partial charge on any atom is 0.227 e. The smallest absolute Gasteiger partial charge is 0.227 e. The van der Waals surface area contributed by atoms with Gasteiger partial charge in [0.1, 0.15) is 0 Å². The van der Waals surface area contributed by atoms with Crippen LogP contribution in [0.3, 0.4) is 0 Å². The number of carbonyl (C=O) groups excluding carboxylic acids is 1. The Balaban J connectivity index is 2.01. The standard InChI is InChI=1S/C12H20N2O3S/c1-2-12(5-3-6-13-9-12)11(15)14-10-4-7-18(16,17)8-10/h4,7,10,13H,2-3,5-6,8-9H2,1H3,(H,14,15). The molecule has 0 aromatic rings. The zero-order valence-electron chi connectivity index (χ0n) is 10.6. The molecular weight excluding hydrogens is 252 g/mol. The Morgan fingerprint density at radius 2 is 2.33 bits per heavy atom. The van der Waals surface area contributed by atoms with Crippen molar-refractivity contribution in [1.29, 1.82) is 0 Å². The van der Waals surface area contributed by atoms with Crippen LogP contribution in [0.25, 0.3) is 0 Å². The molecule has 1 saturated heterocycles. The summed E-state index contributed by atoms with van der Waals surface area (Å²) in [5.41, 5.74) is -0.377. The normalized spacial score (nSPS) is 34.4. The van der Waals surface area contributed by atoms with E-state index in [2.05, 4.69) is 10.6 Å². The third kappa shape index (κ3) is 2.75. The minimum Gasteiger partial charge on any atom is -0.348 e. The summed E-state index contributed by atoms with van der Waals surface area (Å²) in [5, 5.41) is 7.29. The first-order valence-electron chi connectivity index (χ1n) is 6.40. The van der Waals surface area contributed by atoms with Crippen molar-refractivity contribution in [2.45, 2.75) is 32.2 Å². The lowest BCUT2D eigenvalue weighted by Crippen LogP contribution is -2.52. The van der Waals surface area contributed by atoms with Crippen LogP contribution in [-0.4, -0.2) is 39.2 Å². The maximum absolute atomic E-state index is 12.3. The fourth-order valence-corrected chi connectivity index (χ4v) is 3.85. The van der Waals surface area contributed by atoms with Crippen LogP contribution in [0.15, 0.2) is 11.5 Å². The van der Waals surface area contributed by atoms with Crippen molar-refractivity contribution in [3.8, 4) is 0 Å². The van der Waals surface area contributed by atoms with Gasteiger partial charge < -0.3 is 10.6 Å². The molecule has 5 nitrogen and oxygen atoms in total. The van der Waals surface area contributed by atoms with Gasteiger partial charge in [0, 0.05) is 12.0 Å². The van der Waals surface area contributed by atoms with E-state index in [0.29, 0.717) is 6.54 Å². The summed E-state index contributed by atoms with van der Waals surface area (Å²) >= 11 is 0. The summed E-state index contributed by atoms with van der Waals surface area (Å²) in [7, 11) is -3.11. The van der Waals surface area contributed by atoms with E-state index in [0.717, 1.165) is 25.8 Å². The zero-order valence-corrected chi connectivity index (χ0v) is 11.4. The second-order valence-corrected chi connectivity index (χ2v) is 7.08. The molecule has 2 unspecified atom stereocenters. The molecule has 1 amide bonds. The molecule has 2 rings (SSSR count). The van der Waals surface area contributed by atoms with E-state index in [-0.39, 0.29) is 23.1 Å². The number of hydrogen-bond donors (Lipinski definition) is 2. The Labute approximate surface area is 108 Å². The number of carbonyl (C=O) groups is 1. The molecule has 2 N–H and O–H groups in total. The quantitative estimate of drug-likeness (QED) is 0.769. The highest BCUT2D eigenvalue weighted by Gasteiger charge is 2.39. The second-order valence-electron chi connectivity index (χ2n) is 5.15. The molecule has 0 spiro atoms. The Morgan fingerprint density at radius 3 is 2.83 bits per heavy atom. The van der Waals surface area contributed by atoms with Crippen molar-refractivity contribution in [1.82, 2.24) is 10.6 Å². The average Bonchev–Trinajstić information content (AvgIpc) is 2.69. The Kier molecular flexibility index (Phi) is 3.77. The minimum absolute atomic E-state index is 0.00797. The van der Waals surface area contributed by atoms with Gasteiger partial charge in [-0.05, 0) is 31.9 Å². The molecule has 0 bridgehead atoms. The van der Waals surface area contributed by atoms with Crippen LogP contribution in [0.5, 0.6) is 0 Å². The topological polar surface area (TPSA) is 75.3 Å². The lowest BCUT2D eigenvalue weighted by Gasteiger charge is -2.36. The number of amides is 1. The lowest BCUT2D eigenvalue weighted by atomic mass is 9.77. The van der Waals surface area contributed by atoms with Gasteiger partial charge in [0.2, 0.25) is 5.91 Å². The van der Waals surface area contributed by atoms with Gasteiger partial charge >= 0.3 is 0 Å². The molecular formula is C12H20N2O3S. The van der Waals surface area contributed by atoms with Crippen molar-refractivity contribution >= 4 is 15.7 Å². The van der Waals surface area contributed by atoms with Crippen LogP contribution in [0.4, 0.5) is 0 Å². The van der Waals surface area contributed by atoms with Crippen molar-refractivity contribution < 1.29 is 13.2 Å². The fraction of sp³-hybridized carbons (Fsp3) is 0.750. The van der Waals surface area contributed by atoms with Crippen molar-refractivity contribution in [3.63, 3.8) is 0 Å². The van der Waals surface area contributed by atoms with Gasteiger partial charge in [0.25, 0.3) is 0 Å². The number of rotatable bonds is 3. The van der Waals surface area contributed by atoms with Gasteiger partial charge in [-0.15, -0.1) is 0 Å². The Bertz CT molecular complexity index is 450. The minimum atomic E-state index is -3.11. The lowest BCUT2D eigenvalue weighted by molar-refractivity contribution is -0.132. The van der Waals surface area contributed by atoms with Gasteiger partial charge in [0.15, 0.2) is 9.84 Å². The maximum atomic E-state index is 12.3. The largest absolute Gasteiger partial charge is 0.348 e. The van der Waals surface area contributed by atoms with E-state index >= 15 is 0 Å². The predicted octanol–water partition coefficient (Wildman–Crippen LogP) is 0.193. The monoisotopic (exact) mass is 272 g/mol. The van der Waals surface area contributed by atoms with Crippen LogP contribution in [0.1, 0.15) is 26.2 Å². The first-order valence-corrected chi connectivity index (χ1v) is 8.12. The first kappa shape index (κ1) is 13.5. The summed E-state index contributed by atoms with van der Waals surface area (Å²) in [6.07, 6.45) is 4.19. The van der Waals surface area contributed by atoms with Crippen LogP contribution < -0.4 is 10.6 Å². The fourth-order valence-electron chi connectivity index (χ4n) is 2.61. The highest BCUT2D eigenvalue weighted by Crippen LogP contribution is 2.30. The summed E-state index contributed by atoms with van der Waals surface area (Å²) in [6, 6.07) is -0.368. The van der Waals surface area contributed by atoms with Gasteiger partial charge in [-0.2, -0.15) is 0 Å². The third-order valence-electron chi connectivity index (χ3n) is 3.88. The van der Waals surface area contributed by atoms with Gasteiger partial charge in [0.05, 0.1) is 17.2 Å². The van der Waals surface area contributed by atoms with Gasteiger partial charge in [-0.1, -0.05) is 6.92 Å². The molecule has 2 atom stereocenters. The van der Waals surface area contributed by atoms with Crippen LogP contribution >= 0.6 is 0 Å². The number of hydrogen-bond acceptors (Lipinski definition) is 4. The zero-order chi connectivity index (χ0) is 13.2. The molecule has 0 saturated carbocycles. The highest BCUT2D eigenvalue weighted by molar-refractivity contribution is 7.94. The molecule has 18 heavy (non-hydrogen) atoms. The molecule has 0 aromatic heterocycles. The van der Waals surface area contributed by atoms with Crippen molar-refractivity contribution in [2.75, 3.05) is 18.8 Å². The summed E-state index contributed by atoms with van der Waals surface area (Å²) in [5.74, 6) is -0.0321. The first-order chi connectivity index (χ1) is 8.47. The second kappa shape index (κ2) is 5.01. The molecule has 6 heteroatoms. The molecule has 1 fully saturated rings. The molecule has 0 aromatic carbocycles. The number of piperidine rings is 1. The van der Waals surface area contributed by atoms with Crippen molar-refractivity contribution in [2.24, 2.45) is 5.41 Å². The molecule has 0 aliphatic carbocycles. The van der Waals surface area contributed by atoms with Crippen LogP contribution in [0, 0.1) is 5.41 Å². The highest BCUT2D eigenvalue weighted by atomic mass is 32.2. The van der Waals surface area contributed by atoms with Gasteiger partial charge in [-0.3, -0.25) is 4.79 Å². The van der Waals surface area contributed by atoms with E-state index in [4.69, 9.17) is 0 Å². The van der Waals surface area contributed by atoms with E-state index < -0.39 is 9.84 Å². The predicted molar refractivity (Wildman–Crippen MR) is 69.7 cm³/mol. The van der Waals surface area contributed by atoms with E-state index in [1.54, 1.807) is 6.08 Å². The van der Waals surface area contributed by atoms with E-state index in [1.807, 2.05) is 6.92 Å².